The maximum atomic E-state index is 13.0. The summed E-state index contributed by atoms with van der Waals surface area (Å²) in [5.41, 5.74) is 5.17. The lowest BCUT2D eigenvalue weighted by Gasteiger charge is -2.02. The predicted molar refractivity (Wildman–Crippen MR) is 52.8 cm³/mol. The summed E-state index contributed by atoms with van der Waals surface area (Å²) in [6, 6.07) is 3.84. The Morgan fingerprint density at radius 3 is 2.73 bits per heavy atom. The number of hydrogen-bond acceptors (Lipinski definition) is 3. The number of hydrogen-bond donors (Lipinski definition) is 2. The summed E-state index contributed by atoms with van der Waals surface area (Å²) in [7, 11) is 1.39. The third kappa shape index (κ3) is 2.98. The molecule has 4 nitrogen and oxygen atoms in total. The molecule has 1 aromatic rings. The van der Waals surface area contributed by atoms with Crippen molar-refractivity contribution < 1.29 is 19.0 Å². The molecule has 0 heterocycles. The monoisotopic (exact) mass is 211 g/mol. The summed E-state index contributed by atoms with van der Waals surface area (Å²) in [5.74, 6) is -1.46. The second kappa shape index (κ2) is 4.45. The van der Waals surface area contributed by atoms with Crippen LogP contribution in [-0.4, -0.2) is 18.2 Å². The zero-order valence-electron chi connectivity index (χ0n) is 8.03. The summed E-state index contributed by atoms with van der Waals surface area (Å²) >= 11 is 0. The van der Waals surface area contributed by atoms with Gasteiger partial charge in [0.2, 0.25) is 0 Å². The highest BCUT2D eigenvalue weighted by Crippen LogP contribution is 2.17. The van der Waals surface area contributed by atoms with Gasteiger partial charge in [0.05, 0.1) is 7.11 Å². The number of carboxylic acids is 1. The van der Waals surface area contributed by atoms with Crippen LogP contribution in [0.4, 0.5) is 4.39 Å². The molecule has 0 bridgehead atoms. The van der Waals surface area contributed by atoms with E-state index < -0.39 is 11.8 Å². The molecule has 0 amide bonds. The molecule has 0 fully saturated rings. The molecule has 0 aromatic heterocycles. The van der Waals surface area contributed by atoms with Crippen LogP contribution in [0.25, 0.3) is 6.08 Å². The van der Waals surface area contributed by atoms with E-state index in [4.69, 9.17) is 15.6 Å². The van der Waals surface area contributed by atoms with Crippen molar-refractivity contribution in [1.82, 2.24) is 0 Å². The van der Waals surface area contributed by atoms with Gasteiger partial charge in [0.25, 0.3) is 0 Å². The largest absolute Gasteiger partial charge is 0.497 e. The number of halogens is 1. The molecule has 5 heteroatoms. The Bertz CT molecular complexity index is 415. The first kappa shape index (κ1) is 11.0. The van der Waals surface area contributed by atoms with Crippen molar-refractivity contribution in [3.63, 3.8) is 0 Å². The van der Waals surface area contributed by atoms with Crippen LogP contribution in [0.15, 0.2) is 23.9 Å². The Morgan fingerprint density at radius 2 is 2.20 bits per heavy atom. The number of nitrogens with two attached hydrogens (primary N) is 1. The summed E-state index contributed by atoms with van der Waals surface area (Å²) in [6.07, 6.45) is 1.16. The smallest absolute Gasteiger partial charge is 0.351 e. The molecule has 0 radical (unpaired) electrons. The van der Waals surface area contributed by atoms with Crippen LogP contribution in [0.5, 0.6) is 5.75 Å². The Kier molecular flexibility index (Phi) is 3.28. The number of benzene rings is 1. The number of ether oxygens (including phenoxy) is 1. The average Bonchev–Trinajstić information content (AvgIpc) is 2.16. The molecule has 0 spiro atoms. The summed E-state index contributed by atoms with van der Waals surface area (Å²) in [4.78, 5) is 10.4. The highest BCUT2D eigenvalue weighted by Gasteiger charge is 2.03. The van der Waals surface area contributed by atoms with Gasteiger partial charge in [-0.25, -0.2) is 9.18 Å². The van der Waals surface area contributed by atoms with Gasteiger partial charge in [-0.15, -0.1) is 0 Å². The standard InChI is InChI=1S/C10H10FNO3/c1-15-8-3-6(2-7(11)5-8)4-9(12)10(13)14/h2-5H,12H2,1H3,(H,13,14)/b9-4+. The number of aliphatic carboxylic acids is 1. The van der Waals surface area contributed by atoms with Gasteiger partial charge in [0.15, 0.2) is 0 Å². The van der Waals surface area contributed by atoms with E-state index in [2.05, 4.69) is 0 Å². The highest BCUT2D eigenvalue weighted by molar-refractivity contribution is 5.91. The normalized spacial score (nSPS) is 11.2. The number of methoxy groups -OCH3 is 1. The summed E-state index contributed by atoms with van der Waals surface area (Å²) in [5, 5.41) is 8.52. The van der Waals surface area contributed by atoms with Crippen LogP contribution >= 0.6 is 0 Å². The van der Waals surface area contributed by atoms with Gasteiger partial charge >= 0.3 is 5.97 Å². The average molecular weight is 211 g/mol. The van der Waals surface area contributed by atoms with Crippen LogP contribution in [-0.2, 0) is 4.79 Å². The first-order valence-electron chi connectivity index (χ1n) is 4.08. The lowest BCUT2D eigenvalue weighted by molar-refractivity contribution is -0.132. The molecule has 0 aliphatic heterocycles. The molecular weight excluding hydrogens is 201 g/mol. The van der Waals surface area contributed by atoms with Crippen LogP contribution in [0.1, 0.15) is 5.56 Å². The molecular formula is C10H10FNO3. The molecule has 0 aliphatic carbocycles. The molecule has 0 unspecified atom stereocenters. The van der Waals surface area contributed by atoms with E-state index in [1.54, 1.807) is 0 Å². The van der Waals surface area contributed by atoms with Crippen molar-refractivity contribution in [2.75, 3.05) is 7.11 Å². The van der Waals surface area contributed by atoms with Gasteiger partial charge in [-0.3, -0.25) is 0 Å². The van der Waals surface area contributed by atoms with Gasteiger partial charge in [-0.2, -0.15) is 0 Å². The van der Waals surface area contributed by atoms with Crippen molar-refractivity contribution in [1.29, 1.82) is 0 Å². The zero-order valence-corrected chi connectivity index (χ0v) is 8.03. The van der Waals surface area contributed by atoms with E-state index in [1.807, 2.05) is 0 Å². The van der Waals surface area contributed by atoms with Crippen molar-refractivity contribution in [3.8, 4) is 5.75 Å². The maximum absolute atomic E-state index is 13.0. The fourth-order valence-electron chi connectivity index (χ4n) is 1.03. The first-order valence-corrected chi connectivity index (χ1v) is 4.08. The third-order valence-electron chi connectivity index (χ3n) is 1.70. The van der Waals surface area contributed by atoms with Crippen LogP contribution in [0.2, 0.25) is 0 Å². The Morgan fingerprint density at radius 1 is 1.53 bits per heavy atom. The van der Waals surface area contributed by atoms with Crippen LogP contribution < -0.4 is 10.5 Å². The molecule has 80 valence electrons. The number of carboxylic acid groups (broad SMARTS) is 1. The van der Waals surface area contributed by atoms with Crippen molar-refractivity contribution in [2.45, 2.75) is 0 Å². The molecule has 15 heavy (non-hydrogen) atoms. The van der Waals surface area contributed by atoms with E-state index in [0.29, 0.717) is 11.3 Å². The van der Waals surface area contributed by atoms with E-state index in [-0.39, 0.29) is 5.70 Å². The molecule has 3 N–H and O–H groups in total. The zero-order chi connectivity index (χ0) is 11.4. The Labute approximate surface area is 85.8 Å². The van der Waals surface area contributed by atoms with Gasteiger partial charge in [-0.05, 0) is 23.8 Å². The SMILES string of the molecule is COc1cc(F)cc(/C=C(/N)C(=O)O)c1. The Hall–Kier alpha value is -2.04. The molecule has 1 rings (SSSR count). The number of carbonyl (C=O) groups is 1. The second-order valence-corrected chi connectivity index (χ2v) is 2.83. The van der Waals surface area contributed by atoms with E-state index in [0.717, 1.165) is 6.08 Å². The maximum Gasteiger partial charge on any atom is 0.351 e. The molecule has 0 atom stereocenters. The van der Waals surface area contributed by atoms with Crippen LogP contribution in [0.3, 0.4) is 0 Å². The molecule has 0 saturated carbocycles. The lowest BCUT2D eigenvalue weighted by Crippen LogP contribution is -2.09. The van der Waals surface area contributed by atoms with Gasteiger partial charge in [-0.1, -0.05) is 0 Å². The minimum atomic E-state index is -1.25. The molecule has 0 aliphatic rings. The summed E-state index contributed by atoms with van der Waals surface area (Å²) in [6.45, 7) is 0. The van der Waals surface area contributed by atoms with Gasteiger partial charge < -0.3 is 15.6 Å². The van der Waals surface area contributed by atoms with Crippen molar-refractivity contribution in [3.05, 3.63) is 35.3 Å². The number of rotatable bonds is 3. The fraction of sp³-hybridized carbons (Fsp3) is 0.100. The highest BCUT2D eigenvalue weighted by atomic mass is 19.1. The topological polar surface area (TPSA) is 72.5 Å². The van der Waals surface area contributed by atoms with Crippen molar-refractivity contribution >= 4 is 12.0 Å². The van der Waals surface area contributed by atoms with Gasteiger partial charge in [0, 0.05) is 6.07 Å². The van der Waals surface area contributed by atoms with E-state index in [9.17, 15) is 9.18 Å². The predicted octanol–water partition coefficient (Wildman–Crippen LogP) is 1.22. The Balaban J connectivity index is 3.10. The first-order chi connectivity index (χ1) is 7.02. The van der Waals surface area contributed by atoms with Crippen LogP contribution in [0, 0.1) is 5.82 Å². The minimum absolute atomic E-state index is 0.305. The lowest BCUT2D eigenvalue weighted by atomic mass is 10.2. The van der Waals surface area contributed by atoms with E-state index >= 15 is 0 Å². The fourth-order valence-corrected chi connectivity index (χ4v) is 1.03. The quantitative estimate of drug-likeness (QED) is 0.737. The minimum Gasteiger partial charge on any atom is -0.497 e. The van der Waals surface area contributed by atoms with E-state index in [1.165, 1.54) is 25.3 Å². The molecule has 0 saturated heterocycles. The van der Waals surface area contributed by atoms with Gasteiger partial charge in [0.1, 0.15) is 17.3 Å². The van der Waals surface area contributed by atoms with Crippen molar-refractivity contribution in [2.24, 2.45) is 5.73 Å². The molecule has 1 aromatic carbocycles. The summed E-state index contributed by atoms with van der Waals surface area (Å²) < 4.78 is 17.8. The third-order valence-corrected chi connectivity index (χ3v) is 1.70. The second-order valence-electron chi connectivity index (χ2n) is 2.83.